The van der Waals surface area contributed by atoms with Gasteiger partial charge in [0, 0.05) is 22.3 Å². The lowest BCUT2D eigenvalue weighted by Gasteiger charge is -2.14. The lowest BCUT2D eigenvalue weighted by Crippen LogP contribution is -2.23. The number of nitrogens with zero attached hydrogens (tertiary/aromatic N) is 1. The molecule has 0 aliphatic rings. The van der Waals surface area contributed by atoms with Crippen LogP contribution in [0.1, 0.15) is 0 Å². The Morgan fingerprint density at radius 3 is 2.39 bits per heavy atom. The highest BCUT2D eigenvalue weighted by Gasteiger charge is 2.24. The number of pyridine rings is 1. The van der Waals surface area contributed by atoms with Crippen LogP contribution in [0.5, 0.6) is 0 Å². The van der Waals surface area contributed by atoms with Crippen LogP contribution in [0.25, 0.3) is 10.9 Å². The molecular formula is C23H17ClN2O4S. The summed E-state index contributed by atoms with van der Waals surface area (Å²) in [6.45, 7) is -0.190. The van der Waals surface area contributed by atoms with Gasteiger partial charge in [0.05, 0.1) is 10.4 Å². The molecule has 1 N–H and O–H groups in total. The lowest BCUT2D eigenvalue weighted by molar-refractivity contribution is -0.116. The molecular weight excluding hydrogens is 436 g/mol. The number of fused-ring (bicyclic) bond motifs is 1. The largest absolute Gasteiger partial charge is 0.336 e. The molecule has 4 rings (SSSR count). The number of sulfone groups is 1. The highest BCUT2D eigenvalue weighted by molar-refractivity contribution is 7.91. The minimum atomic E-state index is -4.07. The highest BCUT2D eigenvalue weighted by atomic mass is 35.5. The Morgan fingerprint density at radius 1 is 0.935 bits per heavy atom. The standard InChI is InChI=1S/C23H17ClN2O4S/c24-16-7-6-8-17(13-16)25-22(27)15-26-14-21(23(28)19-11-4-5-12-20(19)26)31(29,30)18-9-2-1-3-10-18/h1-14H,15H2,(H,25,27). The first-order valence-electron chi connectivity index (χ1n) is 9.34. The number of anilines is 1. The maximum absolute atomic E-state index is 13.1. The Morgan fingerprint density at radius 2 is 1.65 bits per heavy atom. The number of aromatic nitrogens is 1. The smallest absolute Gasteiger partial charge is 0.244 e. The van der Waals surface area contributed by atoms with Gasteiger partial charge in [0.2, 0.25) is 21.2 Å². The molecule has 3 aromatic carbocycles. The summed E-state index contributed by atoms with van der Waals surface area (Å²) in [7, 11) is -4.07. The van der Waals surface area contributed by atoms with E-state index in [1.165, 1.54) is 22.9 Å². The quantitative estimate of drug-likeness (QED) is 0.493. The van der Waals surface area contributed by atoms with Gasteiger partial charge in [0.15, 0.2) is 0 Å². The summed E-state index contributed by atoms with van der Waals surface area (Å²) in [4.78, 5) is 25.3. The maximum Gasteiger partial charge on any atom is 0.244 e. The summed E-state index contributed by atoms with van der Waals surface area (Å²) in [5.41, 5.74) is 0.367. The molecule has 8 heteroatoms. The van der Waals surface area contributed by atoms with E-state index in [1.807, 2.05) is 0 Å². The molecule has 0 saturated carbocycles. The number of hydrogen-bond acceptors (Lipinski definition) is 4. The molecule has 0 aliphatic carbocycles. The van der Waals surface area contributed by atoms with Gasteiger partial charge in [-0.15, -0.1) is 0 Å². The summed E-state index contributed by atoms with van der Waals surface area (Å²) >= 11 is 5.96. The number of para-hydroxylation sites is 1. The number of nitrogens with one attached hydrogen (secondary N) is 1. The SMILES string of the molecule is O=C(Cn1cc(S(=O)(=O)c2ccccc2)c(=O)c2ccccc21)Nc1cccc(Cl)c1. The van der Waals surface area contributed by atoms with E-state index in [9.17, 15) is 18.0 Å². The molecule has 6 nitrogen and oxygen atoms in total. The molecule has 156 valence electrons. The molecule has 0 spiro atoms. The molecule has 0 bridgehead atoms. The predicted octanol–water partition coefficient (Wildman–Crippen LogP) is 4.13. The second-order valence-corrected chi connectivity index (χ2v) is 9.20. The molecule has 0 aliphatic heterocycles. The number of carbonyl (C=O) groups is 1. The van der Waals surface area contributed by atoms with E-state index in [2.05, 4.69) is 5.32 Å². The molecule has 0 unspecified atom stereocenters. The molecule has 0 saturated heterocycles. The van der Waals surface area contributed by atoms with Crippen molar-refractivity contribution >= 4 is 43.9 Å². The van der Waals surface area contributed by atoms with Gasteiger partial charge in [-0.2, -0.15) is 0 Å². The van der Waals surface area contributed by atoms with E-state index in [1.54, 1.807) is 66.7 Å². The van der Waals surface area contributed by atoms with E-state index >= 15 is 0 Å². The number of amides is 1. The van der Waals surface area contributed by atoms with E-state index < -0.39 is 15.3 Å². The van der Waals surface area contributed by atoms with Crippen LogP contribution < -0.4 is 10.7 Å². The van der Waals surface area contributed by atoms with Crippen molar-refractivity contribution in [1.82, 2.24) is 4.57 Å². The molecule has 0 radical (unpaired) electrons. The molecule has 1 amide bonds. The lowest BCUT2D eigenvalue weighted by atomic mass is 10.2. The van der Waals surface area contributed by atoms with Gasteiger partial charge in [-0.1, -0.05) is 48.0 Å². The number of hydrogen-bond donors (Lipinski definition) is 1. The van der Waals surface area contributed by atoms with Gasteiger partial charge >= 0.3 is 0 Å². The van der Waals surface area contributed by atoms with Crippen LogP contribution in [0.3, 0.4) is 0 Å². The molecule has 4 aromatic rings. The Labute approximate surface area is 183 Å². The minimum absolute atomic E-state index is 0.0114. The zero-order valence-corrected chi connectivity index (χ0v) is 17.7. The Hall–Kier alpha value is -3.42. The summed E-state index contributed by atoms with van der Waals surface area (Å²) < 4.78 is 27.7. The van der Waals surface area contributed by atoms with Crippen LogP contribution in [0.2, 0.25) is 5.02 Å². The Balaban J connectivity index is 1.79. The third-order valence-corrected chi connectivity index (χ3v) is 6.72. The molecule has 1 aromatic heterocycles. The zero-order valence-electron chi connectivity index (χ0n) is 16.2. The number of rotatable bonds is 5. The van der Waals surface area contributed by atoms with Gasteiger partial charge in [-0.05, 0) is 42.5 Å². The summed E-state index contributed by atoms with van der Waals surface area (Å²) in [6.07, 6.45) is 1.23. The molecule has 31 heavy (non-hydrogen) atoms. The topological polar surface area (TPSA) is 85.2 Å². The monoisotopic (exact) mass is 452 g/mol. The molecule has 0 atom stereocenters. The number of halogens is 1. The van der Waals surface area contributed by atoms with Gasteiger partial charge < -0.3 is 9.88 Å². The van der Waals surface area contributed by atoms with Crippen LogP contribution in [-0.4, -0.2) is 18.9 Å². The van der Waals surface area contributed by atoms with Crippen molar-refractivity contribution in [1.29, 1.82) is 0 Å². The Bertz CT molecular complexity index is 1450. The fourth-order valence-corrected chi connectivity index (χ4v) is 4.87. The summed E-state index contributed by atoms with van der Waals surface area (Å²) in [5, 5.41) is 3.42. The summed E-state index contributed by atoms with van der Waals surface area (Å²) in [5.74, 6) is -0.390. The van der Waals surface area contributed by atoms with Crippen molar-refractivity contribution < 1.29 is 13.2 Å². The van der Waals surface area contributed by atoms with Crippen molar-refractivity contribution in [3.05, 3.63) is 100 Å². The van der Waals surface area contributed by atoms with Gasteiger partial charge in [-0.25, -0.2) is 8.42 Å². The third kappa shape index (κ3) is 4.23. The highest BCUT2D eigenvalue weighted by Crippen LogP contribution is 2.21. The van der Waals surface area contributed by atoms with Crippen molar-refractivity contribution in [2.45, 2.75) is 16.3 Å². The minimum Gasteiger partial charge on any atom is -0.336 e. The molecule has 1 heterocycles. The zero-order chi connectivity index (χ0) is 22.0. The average molecular weight is 453 g/mol. The van der Waals surface area contributed by atoms with Crippen LogP contribution in [0.15, 0.2) is 99.6 Å². The van der Waals surface area contributed by atoms with Gasteiger partial charge in [0.1, 0.15) is 11.4 Å². The van der Waals surface area contributed by atoms with Crippen molar-refractivity contribution in [3.8, 4) is 0 Å². The summed E-state index contributed by atoms with van der Waals surface area (Å²) in [6, 6.07) is 21.0. The average Bonchev–Trinajstić information content (AvgIpc) is 2.76. The maximum atomic E-state index is 13.1. The van der Waals surface area contributed by atoms with Crippen LogP contribution in [0.4, 0.5) is 5.69 Å². The molecule has 0 fully saturated rings. The fourth-order valence-electron chi connectivity index (χ4n) is 3.29. The van der Waals surface area contributed by atoms with Gasteiger partial charge in [-0.3, -0.25) is 9.59 Å². The first kappa shape index (κ1) is 20.8. The second kappa shape index (κ2) is 8.37. The first-order chi connectivity index (χ1) is 14.9. The second-order valence-electron chi connectivity index (χ2n) is 6.84. The number of benzene rings is 3. The normalized spacial score (nSPS) is 11.4. The van der Waals surface area contributed by atoms with E-state index in [0.717, 1.165) is 0 Å². The van der Waals surface area contributed by atoms with Crippen LogP contribution >= 0.6 is 11.6 Å². The van der Waals surface area contributed by atoms with Crippen LogP contribution in [-0.2, 0) is 21.2 Å². The van der Waals surface area contributed by atoms with Crippen molar-refractivity contribution in [2.24, 2.45) is 0 Å². The number of carbonyl (C=O) groups excluding carboxylic acids is 1. The van der Waals surface area contributed by atoms with Crippen molar-refractivity contribution in [2.75, 3.05) is 5.32 Å². The Kier molecular flexibility index (Phi) is 5.63. The van der Waals surface area contributed by atoms with E-state index in [0.29, 0.717) is 16.2 Å². The predicted molar refractivity (Wildman–Crippen MR) is 120 cm³/mol. The fraction of sp³-hybridized carbons (Fsp3) is 0.0435. The van der Waals surface area contributed by atoms with E-state index in [4.69, 9.17) is 11.6 Å². The van der Waals surface area contributed by atoms with E-state index in [-0.39, 0.29) is 27.6 Å². The first-order valence-corrected chi connectivity index (χ1v) is 11.2. The third-order valence-electron chi connectivity index (χ3n) is 4.72. The van der Waals surface area contributed by atoms with Crippen LogP contribution in [0, 0.1) is 0 Å². The van der Waals surface area contributed by atoms with Crippen molar-refractivity contribution in [3.63, 3.8) is 0 Å². The van der Waals surface area contributed by atoms with Gasteiger partial charge in [0.25, 0.3) is 0 Å².